The second-order valence-electron chi connectivity index (χ2n) is 11.5. The van der Waals surface area contributed by atoms with Gasteiger partial charge in [0.2, 0.25) is 0 Å². The third-order valence-electron chi connectivity index (χ3n) is 7.83. The van der Waals surface area contributed by atoms with E-state index in [4.69, 9.17) is 4.74 Å². The molecule has 2 N–H and O–H groups in total. The summed E-state index contributed by atoms with van der Waals surface area (Å²) in [5, 5.41) is 26.7. The van der Waals surface area contributed by atoms with Crippen LogP contribution < -0.4 is 18.9 Å². The van der Waals surface area contributed by atoms with Crippen molar-refractivity contribution in [2.24, 2.45) is 0 Å². The molecule has 0 unspecified atom stereocenters. The second kappa shape index (κ2) is 15.2. The fourth-order valence-electron chi connectivity index (χ4n) is 5.73. The number of methoxy groups -OCH3 is 1. The van der Waals surface area contributed by atoms with Crippen molar-refractivity contribution in [2.45, 2.75) is 53.6 Å². The SMILES string of the molecule is COC(=O)c1cc(-c2ccnnc2)cc2c1c(C)cn2C(C)C.Cc1cn(C(C)C)c2cc(-c3ccnnc3)cc(C(=O)O)c12.[Li+].[OH-]. The Balaban J connectivity index is 0.000000245. The van der Waals surface area contributed by atoms with Crippen LogP contribution in [0.4, 0.5) is 0 Å². The van der Waals surface area contributed by atoms with Crippen molar-refractivity contribution in [1.29, 1.82) is 0 Å². The fourth-order valence-corrected chi connectivity index (χ4v) is 5.73. The molecule has 47 heavy (non-hydrogen) atoms. The zero-order valence-electron chi connectivity index (χ0n) is 27.9. The Labute approximate surface area is 285 Å². The van der Waals surface area contributed by atoms with E-state index in [1.807, 2.05) is 44.3 Å². The van der Waals surface area contributed by atoms with Crippen molar-refractivity contribution >= 4 is 33.7 Å². The summed E-state index contributed by atoms with van der Waals surface area (Å²) < 4.78 is 9.27. The second-order valence-corrected chi connectivity index (χ2v) is 11.5. The predicted molar refractivity (Wildman–Crippen MR) is 176 cm³/mol. The maximum absolute atomic E-state index is 12.3. The minimum atomic E-state index is -0.918. The number of esters is 1. The van der Waals surface area contributed by atoms with E-state index in [9.17, 15) is 14.7 Å². The van der Waals surface area contributed by atoms with Gasteiger partial charge in [0.15, 0.2) is 0 Å². The fraction of sp³-hybridized carbons (Fsp3) is 0.257. The number of carbonyl (C=O) groups is 2. The average Bonchev–Trinajstić information content (AvgIpc) is 3.57. The Kier molecular flexibility index (Phi) is 11.8. The van der Waals surface area contributed by atoms with Crippen LogP contribution in [0.3, 0.4) is 0 Å². The molecule has 0 saturated carbocycles. The van der Waals surface area contributed by atoms with Gasteiger partial charge >= 0.3 is 30.8 Å². The molecule has 0 fully saturated rings. The van der Waals surface area contributed by atoms with Gasteiger partial charge in [0.25, 0.3) is 0 Å². The summed E-state index contributed by atoms with van der Waals surface area (Å²) in [4.78, 5) is 24.0. The number of aromatic nitrogens is 6. The van der Waals surface area contributed by atoms with E-state index in [-0.39, 0.29) is 36.3 Å². The molecule has 0 spiro atoms. The number of nitrogens with zero attached hydrogens (tertiary/aromatic N) is 6. The van der Waals surface area contributed by atoms with Gasteiger partial charge in [-0.3, -0.25) is 0 Å². The summed E-state index contributed by atoms with van der Waals surface area (Å²) in [6, 6.07) is 11.9. The molecule has 4 aromatic heterocycles. The molecule has 0 bridgehead atoms. The number of aryl methyl sites for hydroxylation is 2. The number of carboxylic acid groups (broad SMARTS) is 1. The zero-order valence-corrected chi connectivity index (χ0v) is 27.9. The van der Waals surface area contributed by atoms with Crippen LogP contribution in [0.1, 0.15) is 71.6 Å². The van der Waals surface area contributed by atoms with Gasteiger partial charge in [0.05, 0.1) is 43.0 Å². The number of hydrogen-bond donors (Lipinski definition) is 1. The molecule has 12 heteroatoms. The van der Waals surface area contributed by atoms with Crippen molar-refractivity contribution in [3.63, 3.8) is 0 Å². The largest absolute Gasteiger partial charge is 1.00 e. The smallest absolute Gasteiger partial charge is 0.870 e. The van der Waals surface area contributed by atoms with Crippen LogP contribution in [0.5, 0.6) is 0 Å². The minimum absolute atomic E-state index is 0. The van der Waals surface area contributed by atoms with E-state index in [0.717, 1.165) is 55.2 Å². The van der Waals surface area contributed by atoms with Crippen LogP contribution in [-0.2, 0) is 4.74 Å². The third-order valence-corrected chi connectivity index (χ3v) is 7.83. The molecule has 11 nitrogen and oxygen atoms in total. The van der Waals surface area contributed by atoms with E-state index in [1.54, 1.807) is 30.9 Å². The Morgan fingerprint density at radius 1 is 0.702 bits per heavy atom. The van der Waals surface area contributed by atoms with E-state index in [2.05, 4.69) is 69.5 Å². The molecule has 0 radical (unpaired) electrons. The molecular formula is C35H37LiN6O5. The molecular weight excluding hydrogens is 591 g/mol. The van der Waals surface area contributed by atoms with Gasteiger partial charge in [-0.2, -0.15) is 20.4 Å². The number of ether oxygens (including phenoxy) is 1. The molecule has 0 atom stereocenters. The normalized spacial score (nSPS) is 10.7. The van der Waals surface area contributed by atoms with E-state index >= 15 is 0 Å². The minimum Gasteiger partial charge on any atom is -0.870 e. The van der Waals surface area contributed by atoms with Crippen LogP contribution in [0.25, 0.3) is 44.1 Å². The van der Waals surface area contributed by atoms with Crippen molar-refractivity contribution in [2.75, 3.05) is 7.11 Å². The number of fused-ring (bicyclic) bond motifs is 2. The topological polar surface area (TPSA) is 155 Å². The molecule has 0 aliphatic rings. The number of carboxylic acids is 1. The Hall–Kier alpha value is -4.82. The summed E-state index contributed by atoms with van der Waals surface area (Å²) in [7, 11) is 1.41. The van der Waals surface area contributed by atoms with E-state index < -0.39 is 5.97 Å². The van der Waals surface area contributed by atoms with Crippen LogP contribution >= 0.6 is 0 Å². The van der Waals surface area contributed by atoms with Crippen molar-refractivity contribution in [3.8, 4) is 22.3 Å². The van der Waals surface area contributed by atoms with Crippen LogP contribution in [0.15, 0.2) is 73.6 Å². The van der Waals surface area contributed by atoms with Crippen LogP contribution in [0.2, 0.25) is 0 Å². The first-order chi connectivity index (χ1) is 21.5. The van der Waals surface area contributed by atoms with Gasteiger partial charge in [-0.25, -0.2) is 9.59 Å². The van der Waals surface area contributed by atoms with E-state index in [1.165, 1.54) is 7.11 Å². The number of rotatable bonds is 6. The summed E-state index contributed by atoms with van der Waals surface area (Å²) in [6.07, 6.45) is 10.7. The predicted octanol–water partition coefficient (Wildman–Crippen LogP) is 4.29. The Morgan fingerprint density at radius 3 is 1.49 bits per heavy atom. The standard InChI is InChI=1S/C18H19N3O2.C17H17N3O2.Li.H2O/c1-11(2)21-10-12(3)17-15(18(22)23-4)7-14(8-16(17)21)13-5-6-19-20-9-13;1-10(2)20-9-11(3)16-14(17(21)22)6-13(7-15(16)20)12-4-5-18-19-8-12;;/h5-11H,1-4H3;4-10H,1-3H3,(H,21,22);;1H2/q;;+1;/p-1. The summed E-state index contributed by atoms with van der Waals surface area (Å²) in [5.41, 5.74) is 8.41. The maximum Gasteiger partial charge on any atom is 1.00 e. The van der Waals surface area contributed by atoms with Gasteiger partial charge in [0, 0.05) is 57.4 Å². The summed E-state index contributed by atoms with van der Waals surface area (Å²) in [6.45, 7) is 12.4. The van der Waals surface area contributed by atoms with E-state index in [0.29, 0.717) is 17.2 Å². The summed E-state index contributed by atoms with van der Waals surface area (Å²) in [5.74, 6) is -1.25. The van der Waals surface area contributed by atoms with Crippen LogP contribution in [0, 0.1) is 13.8 Å². The summed E-state index contributed by atoms with van der Waals surface area (Å²) >= 11 is 0. The van der Waals surface area contributed by atoms with Gasteiger partial charge in [0.1, 0.15) is 0 Å². The van der Waals surface area contributed by atoms with Crippen molar-refractivity contribution < 1.29 is 43.8 Å². The van der Waals surface area contributed by atoms with Gasteiger partial charge in [-0.15, -0.1) is 0 Å². The van der Waals surface area contributed by atoms with Crippen molar-refractivity contribution in [1.82, 2.24) is 29.5 Å². The maximum atomic E-state index is 12.3. The molecule has 0 amide bonds. The number of benzene rings is 2. The monoisotopic (exact) mass is 628 g/mol. The molecule has 0 aliphatic heterocycles. The molecule has 0 aliphatic carbocycles. The third kappa shape index (κ3) is 7.28. The molecule has 0 saturated heterocycles. The number of hydrogen-bond acceptors (Lipinski definition) is 8. The zero-order chi connectivity index (χ0) is 32.4. The quantitative estimate of drug-likeness (QED) is 0.210. The molecule has 238 valence electrons. The molecule has 2 aromatic carbocycles. The van der Waals surface area contributed by atoms with Crippen LogP contribution in [-0.4, -0.2) is 59.2 Å². The Morgan fingerprint density at radius 2 is 1.13 bits per heavy atom. The number of aromatic carboxylic acids is 1. The first-order valence-corrected chi connectivity index (χ1v) is 14.7. The average molecular weight is 629 g/mol. The molecule has 6 aromatic rings. The van der Waals surface area contributed by atoms with Crippen molar-refractivity contribution in [3.05, 3.63) is 95.8 Å². The first kappa shape index (κ1) is 36.6. The van der Waals surface area contributed by atoms with Gasteiger partial charge in [-0.1, -0.05) is 0 Å². The molecule has 4 heterocycles. The van der Waals surface area contributed by atoms with Gasteiger partial charge < -0.3 is 24.5 Å². The Bertz CT molecular complexity index is 2020. The van der Waals surface area contributed by atoms with Gasteiger partial charge in [-0.05, 0) is 100 Å². The number of carbonyl (C=O) groups excluding carboxylic acids is 1. The molecule has 6 rings (SSSR count). The first-order valence-electron chi connectivity index (χ1n) is 14.7.